The zero-order valence-electron chi connectivity index (χ0n) is 13.3. The maximum Gasteiger partial charge on any atom is 0.443 e. The van der Waals surface area contributed by atoms with E-state index in [1.807, 2.05) is 0 Å². The summed E-state index contributed by atoms with van der Waals surface area (Å²) in [7, 11) is 0. The Morgan fingerprint density at radius 3 is 2.50 bits per heavy atom. The lowest BCUT2D eigenvalue weighted by Crippen LogP contribution is -2.46. The van der Waals surface area contributed by atoms with Crippen LogP contribution in [0.1, 0.15) is 40.1 Å². The number of nitrogens with one attached hydrogen (secondary N) is 1. The summed E-state index contributed by atoms with van der Waals surface area (Å²) < 4.78 is 42.9. The second kappa shape index (κ2) is 7.37. The number of carbonyl (C=O) groups excluding carboxylic acids is 2. The number of nitrogens with zero attached hydrogens (tertiary/aromatic N) is 2. The SMILES string of the molecule is CCOC(=O)N1CCC(NC(=O)c2sc(C(F)(F)F)nc2C)CC1. The summed E-state index contributed by atoms with van der Waals surface area (Å²) >= 11 is 0.342. The number of thiazole rings is 1. The number of rotatable bonds is 3. The molecule has 1 N–H and O–H groups in total. The van der Waals surface area contributed by atoms with Crippen LogP contribution in [0.15, 0.2) is 0 Å². The molecule has 1 aromatic heterocycles. The standard InChI is InChI=1S/C14H18F3N3O3S/c1-3-23-13(22)20-6-4-9(5-7-20)19-11(21)10-8(2)18-12(24-10)14(15,16)17/h9H,3-7H2,1-2H3,(H,19,21). The van der Waals surface area contributed by atoms with Crippen molar-refractivity contribution in [2.24, 2.45) is 0 Å². The van der Waals surface area contributed by atoms with Gasteiger partial charge in [-0.1, -0.05) is 0 Å². The molecule has 134 valence electrons. The van der Waals surface area contributed by atoms with E-state index in [0.29, 0.717) is 43.9 Å². The Morgan fingerprint density at radius 1 is 1.38 bits per heavy atom. The van der Waals surface area contributed by atoms with Gasteiger partial charge in [0.25, 0.3) is 5.91 Å². The number of ether oxygens (including phenoxy) is 1. The van der Waals surface area contributed by atoms with Gasteiger partial charge in [-0.15, -0.1) is 11.3 Å². The van der Waals surface area contributed by atoms with Crippen LogP contribution in [0, 0.1) is 6.92 Å². The highest BCUT2D eigenvalue weighted by atomic mass is 32.1. The predicted octanol–water partition coefficient (Wildman–Crippen LogP) is 2.82. The van der Waals surface area contributed by atoms with Crippen LogP contribution in [-0.4, -0.2) is 47.6 Å². The third-order valence-electron chi connectivity index (χ3n) is 3.60. The summed E-state index contributed by atoms with van der Waals surface area (Å²) in [6.45, 7) is 4.25. The van der Waals surface area contributed by atoms with Gasteiger partial charge in [-0.05, 0) is 26.7 Å². The molecule has 1 aliphatic heterocycles. The number of aromatic nitrogens is 1. The fourth-order valence-electron chi connectivity index (χ4n) is 2.40. The predicted molar refractivity (Wildman–Crippen MR) is 80.9 cm³/mol. The van der Waals surface area contributed by atoms with Gasteiger partial charge in [-0.25, -0.2) is 9.78 Å². The molecule has 0 bridgehead atoms. The van der Waals surface area contributed by atoms with Crippen molar-refractivity contribution in [1.82, 2.24) is 15.2 Å². The van der Waals surface area contributed by atoms with Gasteiger partial charge >= 0.3 is 12.3 Å². The maximum atomic E-state index is 12.7. The van der Waals surface area contributed by atoms with Crippen LogP contribution in [0.2, 0.25) is 0 Å². The van der Waals surface area contributed by atoms with Gasteiger partial charge < -0.3 is 15.0 Å². The van der Waals surface area contributed by atoms with Crippen molar-refractivity contribution in [3.05, 3.63) is 15.6 Å². The van der Waals surface area contributed by atoms with Gasteiger partial charge in [-0.2, -0.15) is 13.2 Å². The van der Waals surface area contributed by atoms with E-state index in [1.54, 1.807) is 11.8 Å². The van der Waals surface area contributed by atoms with E-state index in [2.05, 4.69) is 10.3 Å². The van der Waals surface area contributed by atoms with Crippen molar-refractivity contribution in [3.8, 4) is 0 Å². The fraction of sp³-hybridized carbons (Fsp3) is 0.643. The quantitative estimate of drug-likeness (QED) is 0.894. The van der Waals surface area contributed by atoms with Crippen molar-refractivity contribution < 1.29 is 27.5 Å². The first kappa shape index (κ1) is 18.5. The number of hydrogen-bond acceptors (Lipinski definition) is 5. The van der Waals surface area contributed by atoms with Crippen LogP contribution in [0.4, 0.5) is 18.0 Å². The van der Waals surface area contributed by atoms with E-state index in [1.165, 1.54) is 6.92 Å². The van der Waals surface area contributed by atoms with Gasteiger partial charge in [0.1, 0.15) is 4.88 Å². The molecule has 0 saturated carbocycles. The number of hydrogen-bond donors (Lipinski definition) is 1. The third kappa shape index (κ3) is 4.37. The van der Waals surface area contributed by atoms with Gasteiger partial charge in [0, 0.05) is 19.1 Å². The number of piperidine rings is 1. The molecule has 0 unspecified atom stereocenters. The van der Waals surface area contributed by atoms with Crippen molar-refractivity contribution in [3.63, 3.8) is 0 Å². The van der Waals surface area contributed by atoms with E-state index in [-0.39, 0.29) is 16.6 Å². The first-order chi connectivity index (χ1) is 11.2. The number of amides is 2. The Bertz CT molecular complexity index is 610. The minimum Gasteiger partial charge on any atom is -0.450 e. The molecular weight excluding hydrogens is 347 g/mol. The zero-order chi connectivity index (χ0) is 17.9. The molecule has 0 spiro atoms. The van der Waals surface area contributed by atoms with Crippen LogP contribution >= 0.6 is 11.3 Å². The third-order valence-corrected chi connectivity index (χ3v) is 4.80. The van der Waals surface area contributed by atoms with Crippen molar-refractivity contribution in [1.29, 1.82) is 0 Å². The zero-order valence-corrected chi connectivity index (χ0v) is 14.1. The highest BCUT2D eigenvalue weighted by molar-refractivity contribution is 7.13. The second-order valence-electron chi connectivity index (χ2n) is 5.37. The molecule has 0 atom stereocenters. The molecule has 10 heteroatoms. The number of likely N-dealkylation sites (tertiary alicyclic amines) is 1. The topological polar surface area (TPSA) is 71.5 Å². The van der Waals surface area contributed by atoms with Crippen LogP contribution in [0.5, 0.6) is 0 Å². The molecule has 2 heterocycles. The lowest BCUT2D eigenvalue weighted by molar-refractivity contribution is -0.137. The van der Waals surface area contributed by atoms with Gasteiger partial charge in [0.15, 0.2) is 5.01 Å². The second-order valence-corrected chi connectivity index (χ2v) is 6.36. The fourth-order valence-corrected chi connectivity index (χ4v) is 3.24. The molecule has 1 aliphatic rings. The minimum absolute atomic E-state index is 0.0323. The smallest absolute Gasteiger partial charge is 0.443 e. The molecular formula is C14H18F3N3O3S. The van der Waals surface area contributed by atoms with Crippen LogP contribution in [0.3, 0.4) is 0 Å². The van der Waals surface area contributed by atoms with Crippen molar-refractivity contribution >= 4 is 23.3 Å². The van der Waals surface area contributed by atoms with Gasteiger partial charge in [0.05, 0.1) is 12.3 Å². The molecule has 1 fully saturated rings. The highest BCUT2D eigenvalue weighted by Gasteiger charge is 2.36. The number of alkyl halides is 3. The Kier molecular flexibility index (Phi) is 5.68. The van der Waals surface area contributed by atoms with E-state index >= 15 is 0 Å². The van der Waals surface area contributed by atoms with Crippen molar-refractivity contribution in [2.75, 3.05) is 19.7 Å². The summed E-state index contributed by atoms with van der Waals surface area (Å²) in [5.41, 5.74) is 0.0637. The summed E-state index contributed by atoms with van der Waals surface area (Å²) in [6, 6.07) is -0.195. The average molecular weight is 365 g/mol. The largest absolute Gasteiger partial charge is 0.450 e. The lowest BCUT2D eigenvalue weighted by atomic mass is 10.1. The summed E-state index contributed by atoms with van der Waals surface area (Å²) in [4.78, 5) is 28.7. The van der Waals surface area contributed by atoms with Gasteiger partial charge in [-0.3, -0.25) is 4.79 Å². The number of halogens is 3. The number of aryl methyl sites for hydroxylation is 1. The number of carbonyl (C=O) groups is 2. The molecule has 6 nitrogen and oxygen atoms in total. The molecule has 1 saturated heterocycles. The molecule has 2 amide bonds. The summed E-state index contributed by atoms with van der Waals surface area (Å²) in [5.74, 6) is -0.560. The van der Waals surface area contributed by atoms with E-state index in [0.717, 1.165) is 0 Å². The monoisotopic (exact) mass is 365 g/mol. The maximum absolute atomic E-state index is 12.7. The summed E-state index contributed by atoms with van der Waals surface area (Å²) in [5, 5.41) is 1.69. The van der Waals surface area contributed by atoms with E-state index < -0.39 is 23.2 Å². The Morgan fingerprint density at radius 2 is 2.00 bits per heavy atom. The van der Waals surface area contributed by atoms with E-state index in [4.69, 9.17) is 4.74 Å². The van der Waals surface area contributed by atoms with E-state index in [9.17, 15) is 22.8 Å². The minimum atomic E-state index is -4.56. The van der Waals surface area contributed by atoms with Crippen LogP contribution in [0.25, 0.3) is 0 Å². The van der Waals surface area contributed by atoms with Gasteiger partial charge in [0.2, 0.25) is 0 Å². The molecule has 0 aromatic carbocycles. The van der Waals surface area contributed by atoms with Crippen LogP contribution < -0.4 is 5.32 Å². The normalized spacial score (nSPS) is 16.1. The Balaban J connectivity index is 1.92. The molecule has 0 radical (unpaired) electrons. The molecule has 24 heavy (non-hydrogen) atoms. The van der Waals surface area contributed by atoms with Crippen LogP contribution in [-0.2, 0) is 10.9 Å². The highest BCUT2D eigenvalue weighted by Crippen LogP contribution is 2.34. The summed E-state index contributed by atoms with van der Waals surface area (Å²) in [6.07, 6.45) is -3.91. The Labute approximate surface area is 141 Å². The molecule has 0 aliphatic carbocycles. The average Bonchev–Trinajstić information content (AvgIpc) is 2.90. The first-order valence-corrected chi connectivity index (χ1v) is 8.31. The lowest BCUT2D eigenvalue weighted by Gasteiger charge is -2.31. The molecule has 2 rings (SSSR count). The molecule has 1 aromatic rings. The first-order valence-electron chi connectivity index (χ1n) is 7.49. The van der Waals surface area contributed by atoms with Crippen molar-refractivity contribution in [2.45, 2.75) is 38.9 Å². The Hall–Kier alpha value is -1.84.